The lowest BCUT2D eigenvalue weighted by Crippen LogP contribution is -2.41. The maximum absolute atomic E-state index is 13.0. The summed E-state index contributed by atoms with van der Waals surface area (Å²) < 4.78 is 25.8. The number of carboxylic acids is 1. The highest BCUT2D eigenvalue weighted by atomic mass is 19.2. The molecule has 0 aromatic heterocycles. The van der Waals surface area contributed by atoms with Gasteiger partial charge < -0.3 is 10.4 Å². The number of hydrogen-bond acceptors (Lipinski definition) is 3. The van der Waals surface area contributed by atoms with E-state index in [0.717, 1.165) is 18.2 Å². The third-order valence-corrected chi connectivity index (χ3v) is 3.16. The Bertz CT molecular complexity index is 602. The Morgan fingerprint density at radius 2 is 1.78 bits per heavy atom. The molecule has 0 aliphatic rings. The Labute approximate surface area is 132 Å². The van der Waals surface area contributed by atoms with E-state index >= 15 is 0 Å². The number of rotatable bonds is 8. The Hall–Kier alpha value is -2.31. The summed E-state index contributed by atoms with van der Waals surface area (Å²) in [5.41, 5.74) is -0.0336. The van der Waals surface area contributed by atoms with Crippen molar-refractivity contribution in [2.24, 2.45) is 5.92 Å². The van der Waals surface area contributed by atoms with Gasteiger partial charge in [-0.05, 0) is 30.5 Å². The number of hydrogen-bond donors (Lipinski definition) is 2. The molecule has 0 aliphatic heterocycles. The lowest BCUT2D eigenvalue weighted by molar-refractivity contribution is -0.142. The van der Waals surface area contributed by atoms with Gasteiger partial charge >= 0.3 is 5.97 Å². The fourth-order valence-corrected chi connectivity index (χ4v) is 2.00. The van der Waals surface area contributed by atoms with Gasteiger partial charge in [-0.1, -0.05) is 13.8 Å². The van der Waals surface area contributed by atoms with Crippen LogP contribution < -0.4 is 5.32 Å². The number of carbonyl (C=O) groups is 3. The molecule has 7 heteroatoms. The number of benzene rings is 1. The number of halogens is 2. The van der Waals surface area contributed by atoms with Crippen LogP contribution in [0.15, 0.2) is 18.2 Å². The Kier molecular flexibility index (Phi) is 6.81. The number of aliphatic carboxylic acids is 1. The number of ketones is 1. The van der Waals surface area contributed by atoms with Gasteiger partial charge in [0.25, 0.3) is 0 Å². The first-order valence-electron chi connectivity index (χ1n) is 7.21. The molecule has 23 heavy (non-hydrogen) atoms. The molecule has 1 rings (SSSR count). The molecular formula is C16H19F2NO4. The summed E-state index contributed by atoms with van der Waals surface area (Å²) >= 11 is 0. The molecule has 0 heterocycles. The third-order valence-electron chi connectivity index (χ3n) is 3.16. The van der Waals surface area contributed by atoms with Gasteiger partial charge in [-0.15, -0.1) is 0 Å². The quantitative estimate of drug-likeness (QED) is 0.719. The zero-order valence-electron chi connectivity index (χ0n) is 12.9. The average molecular weight is 327 g/mol. The van der Waals surface area contributed by atoms with E-state index in [1.54, 1.807) is 0 Å². The van der Waals surface area contributed by atoms with Crippen molar-refractivity contribution in [2.75, 3.05) is 0 Å². The second kappa shape index (κ2) is 8.36. The zero-order valence-corrected chi connectivity index (χ0v) is 12.9. The van der Waals surface area contributed by atoms with Crippen molar-refractivity contribution in [3.8, 4) is 0 Å². The molecule has 5 nitrogen and oxygen atoms in total. The van der Waals surface area contributed by atoms with Crippen molar-refractivity contribution in [1.82, 2.24) is 5.32 Å². The van der Waals surface area contributed by atoms with Crippen molar-refractivity contribution in [2.45, 2.75) is 39.2 Å². The molecule has 0 radical (unpaired) electrons. The summed E-state index contributed by atoms with van der Waals surface area (Å²) in [6.07, 6.45) is -0.164. The van der Waals surface area contributed by atoms with Crippen LogP contribution in [0, 0.1) is 17.6 Å². The fraction of sp³-hybridized carbons (Fsp3) is 0.438. The van der Waals surface area contributed by atoms with E-state index < -0.39 is 35.3 Å². The summed E-state index contributed by atoms with van der Waals surface area (Å²) in [6, 6.07) is 1.73. The lowest BCUT2D eigenvalue weighted by Gasteiger charge is -2.16. The van der Waals surface area contributed by atoms with Crippen LogP contribution in [0.4, 0.5) is 8.78 Å². The van der Waals surface area contributed by atoms with Gasteiger partial charge in [0.2, 0.25) is 5.91 Å². The van der Waals surface area contributed by atoms with E-state index in [2.05, 4.69) is 5.32 Å². The first-order chi connectivity index (χ1) is 10.7. The average Bonchev–Trinajstić information content (AvgIpc) is 2.46. The van der Waals surface area contributed by atoms with Gasteiger partial charge in [0.05, 0.1) is 0 Å². The normalized spacial score (nSPS) is 12.0. The summed E-state index contributed by atoms with van der Waals surface area (Å²) in [6.45, 7) is 3.66. The van der Waals surface area contributed by atoms with Gasteiger partial charge in [-0.2, -0.15) is 0 Å². The van der Waals surface area contributed by atoms with E-state index in [1.807, 2.05) is 13.8 Å². The van der Waals surface area contributed by atoms with Crippen LogP contribution >= 0.6 is 0 Å². The predicted octanol–water partition coefficient (Wildman–Crippen LogP) is 2.54. The van der Waals surface area contributed by atoms with Crippen molar-refractivity contribution < 1.29 is 28.3 Å². The minimum atomic E-state index is -1.14. The number of carbonyl (C=O) groups excluding carboxylic acids is 2. The molecule has 1 aromatic carbocycles. The van der Waals surface area contributed by atoms with E-state index in [1.165, 1.54) is 0 Å². The highest BCUT2D eigenvalue weighted by molar-refractivity contribution is 5.98. The maximum atomic E-state index is 13.0. The van der Waals surface area contributed by atoms with E-state index in [-0.39, 0.29) is 30.7 Å². The van der Waals surface area contributed by atoms with Gasteiger partial charge in [0.15, 0.2) is 17.4 Å². The number of amides is 1. The van der Waals surface area contributed by atoms with Crippen LogP contribution in [0.3, 0.4) is 0 Å². The Balaban J connectivity index is 2.56. The molecule has 0 unspecified atom stereocenters. The minimum Gasteiger partial charge on any atom is -0.480 e. The Morgan fingerprint density at radius 3 is 2.30 bits per heavy atom. The van der Waals surface area contributed by atoms with Crippen LogP contribution in [-0.4, -0.2) is 28.8 Å². The fourth-order valence-electron chi connectivity index (χ4n) is 2.00. The van der Waals surface area contributed by atoms with Gasteiger partial charge in [-0.3, -0.25) is 9.59 Å². The van der Waals surface area contributed by atoms with Crippen LogP contribution in [-0.2, 0) is 9.59 Å². The molecule has 1 aromatic rings. The number of carboxylic acid groups (broad SMARTS) is 1. The van der Waals surface area contributed by atoms with Crippen molar-refractivity contribution in [1.29, 1.82) is 0 Å². The molecular weight excluding hydrogens is 308 g/mol. The first kappa shape index (κ1) is 18.7. The summed E-state index contributed by atoms with van der Waals surface area (Å²) in [7, 11) is 0. The molecule has 0 spiro atoms. The molecule has 1 amide bonds. The molecule has 0 bridgehead atoms. The topological polar surface area (TPSA) is 83.5 Å². The number of Topliss-reactive ketones (excluding diaryl/α,β-unsaturated/α-hetero) is 1. The third kappa shape index (κ3) is 6.14. The SMILES string of the molecule is CC(C)C[C@@H](NC(=O)CCC(=O)c1ccc(F)c(F)c1)C(=O)O. The molecule has 126 valence electrons. The predicted molar refractivity (Wildman–Crippen MR) is 78.9 cm³/mol. The van der Waals surface area contributed by atoms with Crippen molar-refractivity contribution >= 4 is 17.7 Å². The standard InChI is InChI=1S/C16H19F2NO4/c1-9(2)7-13(16(22)23)19-15(21)6-5-14(20)10-3-4-11(17)12(18)8-10/h3-4,8-9,13H,5-7H2,1-2H3,(H,19,21)(H,22,23)/t13-/m1/s1. The molecule has 1 atom stereocenters. The van der Waals surface area contributed by atoms with Gasteiger partial charge in [0.1, 0.15) is 6.04 Å². The first-order valence-corrected chi connectivity index (χ1v) is 7.21. The largest absolute Gasteiger partial charge is 0.480 e. The second-order valence-electron chi connectivity index (χ2n) is 5.64. The summed E-state index contributed by atoms with van der Waals surface area (Å²) in [5.74, 6) is -4.34. The second-order valence-corrected chi connectivity index (χ2v) is 5.64. The number of nitrogens with one attached hydrogen (secondary N) is 1. The molecule has 0 fully saturated rings. The molecule has 0 saturated carbocycles. The smallest absolute Gasteiger partial charge is 0.326 e. The van der Waals surface area contributed by atoms with E-state index in [9.17, 15) is 23.2 Å². The van der Waals surface area contributed by atoms with Crippen LogP contribution in [0.1, 0.15) is 43.5 Å². The molecule has 0 aliphatic carbocycles. The molecule has 2 N–H and O–H groups in total. The van der Waals surface area contributed by atoms with Gasteiger partial charge in [-0.25, -0.2) is 13.6 Å². The maximum Gasteiger partial charge on any atom is 0.326 e. The lowest BCUT2D eigenvalue weighted by atomic mass is 10.0. The summed E-state index contributed by atoms with van der Waals surface area (Å²) in [4.78, 5) is 34.6. The monoisotopic (exact) mass is 327 g/mol. The highest BCUT2D eigenvalue weighted by Crippen LogP contribution is 2.12. The zero-order chi connectivity index (χ0) is 17.6. The molecule has 0 saturated heterocycles. The van der Waals surface area contributed by atoms with E-state index in [4.69, 9.17) is 5.11 Å². The van der Waals surface area contributed by atoms with Crippen LogP contribution in [0.5, 0.6) is 0 Å². The van der Waals surface area contributed by atoms with Crippen molar-refractivity contribution in [3.05, 3.63) is 35.4 Å². The van der Waals surface area contributed by atoms with Crippen molar-refractivity contribution in [3.63, 3.8) is 0 Å². The highest BCUT2D eigenvalue weighted by Gasteiger charge is 2.21. The Morgan fingerprint density at radius 1 is 1.13 bits per heavy atom. The van der Waals surface area contributed by atoms with E-state index in [0.29, 0.717) is 0 Å². The minimum absolute atomic E-state index is 0.0336. The van der Waals surface area contributed by atoms with Crippen LogP contribution in [0.25, 0.3) is 0 Å². The van der Waals surface area contributed by atoms with Crippen LogP contribution in [0.2, 0.25) is 0 Å². The summed E-state index contributed by atoms with van der Waals surface area (Å²) in [5, 5.41) is 11.4. The van der Waals surface area contributed by atoms with Gasteiger partial charge in [0, 0.05) is 18.4 Å².